The molecule has 24 heavy (non-hydrogen) atoms. The number of H-pyrrole nitrogens is 1. The first-order valence-corrected chi connectivity index (χ1v) is 8.06. The Kier molecular flexibility index (Phi) is 3.50. The third kappa shape index (κ3) is 2.43. The van der Waals surface area contributed by atoms with E-state index >= 15 is 0 Å². The molecule has 0 saturated carbocycles. The van der Waals surface area contributed by atoms with Crippen LogP contribution in [0.1, 0.15) is 11.1 Å². The lowest BCUT2D eigenvalue weighted by molar-refractivity contribution is 0.552. The number of pyridine rings is 1. The van der Waals surface area contributed by atoms with Gasteiger partial charge in [0.1, 0.15) is 0 Å². The second-order valence-electron chi connectivity index (χ2n) is 5.76. The standard InChI is InChI=1S/C19H15N3OS/c1-11-7-9-13(10-8-11)17-12(2)16(18-21-22-19(24)23-18)14-5-3-4-6-15(14)20-17/h3-10H,1-2H3,(H,22,24). The molecule has 2 aromatic heterocycles. The van der Waals surface area contributed by atoms with Gasteiger partial charge in [-0.1, -0.05) is 48.0 Å². The van der Waals surface area contributed by atoms with Crippen LogP contribution in [0.15, 0.2) is 52.9 Å². The molecule has 0 fully saturated rings. The summed E-state index contributed by atoms with van der Waals surface area (Å²) in [6.45, 7) is 4.11. The molecule has 2 aromatic carbocycles. The van der Waals surface area contributed by atoms with Gasteiger partial charge in [0.25, 0.3) is 4.84 Å². The Labute approximate surface area is 144 Å². The average molecular weight is 333 g/mol. The Morgan fingerprint density at radius 2 is 1.75 bits per heavy atom. The second kappa shape index (κ2) is 5.69. The molecular weight excluding hydrogens is 318 g/mol. The molecule has 4 rings (SSSR count). The van der Waals surface area contributed by atoms with Crippen LogP contribution in [0.3, 0.4) is 0 Å². The predicted octanol–water partition coefficient (Wildman–Crippen LogP) is 5.23. The van der Waals surface area contributed by atoms with E-state index in [1.165, 1.54) is 5.56 Å². The molecule has 0 atom stereocenters. The van der Waals surface area contributed by atoms with Crippen LogP contribution in [0.4, 0.5) is 0 Å². The summed E-state index contributed by atoms with van der Waals surface area (Å²) >= 11 is 5.04. The van der Waals surface area contributed by atoms with Crippen LogP contribution in [0.25, 0.3) is 33.6 Å². The van der Waals surface area contributed by atoms with E-state index in [1.54, 1.807) is 0 Å². The summed E-state index contributed by atoms with van der Waals surface area (Å²) in [6, 6.07) is 16.3. The first-order chi connectivity index (χ1) is 11.6. The Bertz CT molecular complexity index is 1090. The number of aromatic amines is 1. The minimum absolute atomic E-state index is 0.266. The van der Waals surface area contributed by atoms with Crippen molar-refractivity contribution in [1.82, 2.24) is 15.2 Å². The summed E-state index contributed by atoms with van der Waals surface area (Å²) in [7, 11) is 0. The number of hydrogen-bond acceptors (Lipinski definition) is 4. The normalized spacial score (nSPS) is 11.1. The maximum atomic E-state index is 5.59. The highest BCUT2D eigenvalue weighted by Gasteiger charge is 2.18. The molecule has 0 radical (unpaired) electrons. The number of para-hydroxylation sites is 1. The number of rotatable bonds is 2. The number of benzene rings is 2. The van der Waals surface area contributed by atoms with Gasteiger partial charge in [-0.3, -0.25) is 0 Å². The van der Waals surface area contributed by atoms with Crippen LogP contribution in [-0.4, -0.2) is 15.2 Å². The van der Waals surface area contributed by atoms with E-state index in [0.717, 1.165) is 33.3 Å². The van der Waals surface area contributed by atoms with Crippen LogP contribution in [0, 0.1) is 18.7 Å². The van der Waals surface area contributed by atoms with Gasteiger partial charge in [0.15, 0.2) is 0 Å². The van der Waals surface area contributed by atoms with Gasteiger partial charge in [-0.25, -0.2) is 10.1 Å². The third-order valence-corrected chi connectivity index (χ3v) is 4.29. The number of nitrogens with one attached hydrogen (secondary N) is 1. The fraction of sp³-hybridized carbons (Fsp3) is 0.105. The van der Waals surface area contributed by atoms with Crippen molar-refractivity contribution in [2.24, 2.45) is 0 Å². The molecule has 0 bridgehead atoms. The summed E-state index contributed by atoms with van der Waals surface area (Å²) < 4.78 is 5.59. The zero-order valence-corrected chi connectivity index (χ0v) is 14.1. The minimum atomic E-state index is 0.266. The zero-order valence-electron chi connectivity index (χ0n) is 13.3. The monoisotopic (exact) mass is 333 g/mol. The maximum absolute atomic E-state index is 5.59. The lowest BCUT2D eigenvalue weighted by Crippen LogP contribution is -1.95. The summed E-state index contributed by atoms with van der Waals surface area (Å²) in [5, 5.41) is 7.92. The Morgan fingerprint density at radius 1 is 1.00 bits per heavy atom. The lowest BCUT2D eigenvalue weighted by atomic mass is 9.97. The van der Waals surface area contributed by atoms with Crippen molar-refractivity contribution in [3.63, 3.8) is 0 Å². The lowest BCUT2D eigenvalue weighted by Gasteiger charge is -2.12. The molecule has 2 heterocycles. The van der Waals surface area contributed by atoms with E-state index in [2.05, 4.69) is 41.4 Å². The third-order valence-electron chi connectivity index (χ3n) is 4.11. The highest BCUT2D eigenvalue weighted by Crippen LogP contribution is 2.35. The molecule has 0 unspecified atom stereocenters. The van der Waals surface area contributed by atoms with Gasteiger partial charge < -0.3 is 4.42 Å². The van der Waals surface area contributed by atoms with Crippen LogP contribution in [0.5, 0.6) is 0 Å². The van der Waals surface area contributed by atoms with Gasteiger partial charge in [-0.05, 0) is 37.7 Å². The molecule has 5 heteroatoms. The molecule has 0 aliphatic carbocycles. The summed E-state index contributed by atoms with van der Waals surface area (Å²) in [4.78, 5) is 5.13. The minimum Gasteiger partial charge on any atom is -0.409 e. The first-order valence-electron chi connectivity index (χ1n) is 7.66. The molecule has 118 valence electrons. The molecular formula is C19H15N3OS. The molecule has 0 aliphatic rings. The average Bonchev–Trinajstić information content (AvgIpc) is 3.01. The molecule has 4 nitrogen and oxygen atoms in total. The number of hydrogen-bond donors (Lipinski definition) is 1. The van der Waals surface area contributed by atoms with E-state index < -0.39 is 0 Å². The molecule has 0 saturated heterocycles. The van der Waals surface area contributed by atoms with Gasteiger partial charge >= 0.3 is 0 Å². The van der Waals surface area contributed by atoms with Crippen molar-refractivity contribution in [2.45, 2.75) is 13.8 Å². The van der Waals surface area contributed by atoms with Crippen molar-refractivity contribution in [2.75, 3.05) is 0 Å². The van der Waals surface area contributed by atoms with Crippen molar-refractivity contribution in [3.05, 3.63) is 64.5 Å². The summed E-state index contributed by atoms with van der Waals surface area (Å²) in [5.74, 6) is 0.490. The number of aryl methyl sites for hydroxylation is 1. The van der Waals surface area contributed by atoms with Gasteiger partial charge in [0.05, 0.1) is 16.8 Å². The van der Waals surface area contributed by atoms with E-state index in [1.807, 2.05) is 31.2 Å². The van der Waals surface area contributed by atoms with Crippen LogP contribution in [0.2, 0.25) is 0 Å². The smallest absolute Gasteiger partial charge is 0.284 e. The van der Waals surface area contributed by atoms with E-state index in [9.17, 15) is 0 Å². The fourth-order valence-corrected chi connectivity index (χ4v) is 3.04. The van der Waals surface area contributed by atoms with Crippen molar-refractivity contribution < 1.29 is 4.42 Å². The number of fused-ring (bicyclic) bond motifs is 1. The maximum Gasteiger partial charge on any atom is 0.284 e. The second-order valence-corrected chi connectivity index (χ2v) is 6.13. The number of aromatic nitrogens is 3. The summed E-state index contributed by atoms with van der Waals surface area (Å²) in [5.41, 5.74) is 6.05. The van der Waals surface area contributed by atoms with E-state index in [4.69, 9.17) is 21.6 Å². The zero-order chi connectivity index (χ0) is 16.7. The summed E-state index contributed by atoms with van der Waals surface area (Å²) in [6.07, 6.45) is 0. The van der Waals surface area contributed by atoms with Crippen LogP contribution >= 0.6 is 12.2 Å². The molecule has 0 amide bonds. The van der Waals surface area contributed by atoms with Gasteiger partial charge in [0.2, 0.25) is 5.89 Å². The van der Waals surface area contributed by atoms with Crippen LogP contribution < -0.4 is 0 Å². The molecule has 1 N–H and O–H groups in total. The fourth-order valence-electron chi connectivity index (χ4n) is 2.91. The van der Waals surface area contributed by atoms with Gasteiger partial charge in [-0.15, -0.1) is 5.10 Å². The van der Waals surface area contributed by atoms with E-state index in [0.29, 0.717) is 5.89 Å². The molecule has 0 aliphatic heterocycles. The van der Waals surface area contributed by atoms with E-state index in [-0.39, 0.29) is 4.84 Å². The van der Waals surface area contributed by atoms with Crippen molar-refractivity contribution >= 4 is 23.1 Å². The van der Waals surface area contributed by atoms with Gasteiger partial charge in [-0.2, -0.15) is 0 Å². The Morgan fingerprint density at radius 3 is 2.46 bits per heavy atom. The first kappa shape index (κ1) is 14.8. The van der Waals surface area contributed by atoms with Crippen molar-refractivity contribution in [3.8, 4) is 22.7 Å². The van der Waals surface area contributed by atoms with Gasteiger partial charge in [0, 0.05) is 10.9 Å². The molecule has 0 spiro atoms. The van der Waals surface area contributed by atoms with Crippen molar-refractivity contribution in [1.29, 1.82) is 0 Å². The quantitative estimate of drug-likeness (QED) is 0.510. The SMILES string of the molecule is Cc1ccc(-c2nc3ccccc3c(-c3n[nH]c(=S)o3)c2C)cc1. The predicted molar refractivity (Wildman–Crippen MR) is 97.3 cm³/mol. The number of nitrogens with zero attached hydrogens (tertiary/aromatic N) is 2. The van der Waals surface area contributed by atoms with Crippen LogP contribution in [-0.2, 0) is 0 Å². The highest BCUT2D eigenvalue weighted by atomic mass is 32.1. The largest absolute Gasteiger partial charge is 0.409 e. The topological polar surface area (TPSA) is 54.7 Å². The molecule has 4 aromatic rings. The highest BCUT2D eigenvalue weighted by molar-refractivity contribution is 7.71. The Hall–Kier alpha value is -2.79. The Balaban J connectivity index is 2.07.